The molecule has 0 aromatic heterocycles. The topological polar surface area (TPSA) is 47.6 Å². The van der Waals surface area contributed by atoms with Crippen molar-refractivity contribution < 1.29 is 14.3 Å². The van der Waals surface area contributed by atoms with Gasteiger partial charge in [-0.05, 0) is 41.7 Å². The van der Waals surface area contributed by atoms with Crippen molar-refractivity contribution in [2.45, 2.75) is 117 Å². The fourth-order valence-corrected chi connectivity index (χ4v) is 2.51. The van der Waals surface area contributed by atoms with Gasteiger partial charge in [0.05, 0.1) is 5.69 Å². The summed E-state index contributed by atoms with van der Waals surface area (Å²) < 4.78 is 10.8. The molecule has 1 unspecified atom stereocenters. The highest BCUT2D eigenvalue weighted by molar-refractivity contribution is 5.94. The zero-order chi connectivity index (χ0) is 27.6. The first-order chi connectivity index (χ1) is 15.6. The molecule has 4 nitrogen and oxygen atoms in total. The summed E-state index contributed by atoms with van der Waals surface area (Å²) >= 11 is 0. The number of hydrogen-bond donors (Lipinski definition) is 1. The lowest BCUT2D eigenvalue weighted by molar-refractivity contribution is -0.124. The van der Waals surface area contributed by atoms with Crippen molar-refractivity contribution in [3.63, 3.8) is 0 Å². The maximum Gasteiger partial charge on any atom is 0.228 e. The Morgan fingerprint density at radius 2 is 1.32 bits per heavy atom. The van der Waals surface area contributed by atoms with Crippen LogP contribution in [-0.2, 0) is 9.53 Å². The van der Waals surface area contributed by atoms with Gasteiger partial charge in [-0.25, -0.2) is 0 Å². The fraction of sp³-hybridized carbons (Fsp3) is 0.767. The van der Waals surface area contributed by atoms with Crippen LogP contribution in [-0.4, -0.2) is 19.3 Å². The van der Waals surface area contributed by atoms with Gasteiger partial charge in [0.25, 0.3) is 0 Å². The SMILES string of the molecule is CC.CC.CCC(C)(C)C.CCOCOc1ccccc1NC(=O)C(CC(C)(C)C)C(C)(C)C. The summed E-state index contributed by atoms with van der Waals surface area (Å²) in [5, 5.41) is 3.05. The summed E-state index contributed by atoms with van der Waals surface area (Å²) in [7, 11) is 0. The number of hydrogen-bond acceptors (Lipinski definition) is 3. The average molecular weight is 482 g/mol. The number of carbonyl (C=O) groups is 1. The van der Waals surface area contributed by atoms with Crippen molar-refractivity contribution in [3.05, 3.63) is 24.3 Å². The minimum absolute atomic E-state index is 0.0323. The third-order valence-corrected chi connectivity index (χ3v) is 4.89. The van der Waals surface area contributed by atoms with Crippen molar-refractivity contribution in [2.75, 3.05) is 18.7 Å². The van der Waals surface area contributed by atoms with Crippen molar-refractivity contribution in [1.29, 1.82) is 0 Å². The van der Waals surface area contributed by atoms with E-state index >= 15 is 0 Å². The lowest BCUT2D eigenvalue weighted by Crippen LogP contribution is -2.36. The standard InChI is InChI=1S/C20H33NO3.C6H14.2C2H6/c1-8-23-14-24-17-12-10-9-11-16(17)21-18(22)15(20(5,6)7)13-19(2,3)4;1-5-6(2,3)4;2*1-2/h9-12,15H,8,13-14H2,1-7H3,(H,21,22);5H2,1-4H3;2*1-2H3. The van der Waals surface area contributed by atoms with Crippen molar-refractivity contribution >= 4 is 11.6 Å². The predicted octanol–water partition coefficient (Wildman–Crippen LogP) is 9.59. The number of benzene rings is 1. The Kier molecular flexibility index (Phi) is 20.4. The highest BCUT2D eigenvalue weighted by Crippen LogP contribution is 2.37. The average Bonchev–Trinajstić information content (AvgIpc) is 2.75. The predicted molar refractivity (Wildman–Crippen MR) is 152 cm³/mol. The van der Waals surface area contributed by atoms with Gasteiger partial charge in [0.15, 0.2) is 6.79 Å². The van der Waals surface area contributed by atoms with Gasteiger partial charge < -0.3 is 14.8 Å². The maximum absolute atomic E-state index is 12.9. The molecule has 0 aliphatic rings. The monoisotopic (exact) mass is 481 g/mol. The van der Waals surface area contributed by atoms with Crippen LogP contribution in [0.25, 0.3) is 0 Å². The van der Waals surface area contributed by atoms with E-state index in [-0.39, 0.29) is 29.4 Å². The normalized spacial score (nSPS) is 12.0. The molecule has 1 amide bonds. The molecule has 1 N–H and O–H groups in total. The summed E-state index contributed by atoms with van der Waals surface area (Å²) in [4.78, 5) is 12.9. The third-order valence-electron chi connectivity index (χ3n) is 4.89. The number of nitrogens with one attached hydrogen (secondary N) is 1. The molecule has 4 heteroatoms. The van der Waals surface area contributed by atoms with Crippen molar-refractivity contribution in [3.8, 4) is 5.75 Å². The number of para-hydroxylation sites is 2. The first-order valence-electron chi connectivity index (χ1n) is 13.2. The third kappa shape index (κ3) is 19.9. The Morgan fingerprint density at radius 3 is 1.71 bits per heavy atom. The van der Waals surface area contributed by atoms with Crippen LogP contribution in [0.1, 0.15) is 117 Å². The second-order valence-corrected chi connectivity index (χ2v) is 11.3. The molecule has 1 aromatic carbocycles. The number of anilines is 1. The summed E-state index contributed by atoms with van der Waals surface area (Å²) in [5.74, 6) is 0.574. The van der Waals surface area contributed by atoms with E-state index < -0.39 is 0 Å². The van der Waals surface area contributed by atoms with Crippen LogP contribution in [0.15, 0.2) is 24.3 Å². The van der Waals surface area contributed by atoms with E-state index in [4.69, 9.17) is 9.47 Å². The molecule has 0 bridgehead atoms. The molecule has 202 valence electrons. The molecule has 1 atom stereocenters. The largest absolute Gasteiger partial charge is 0.465 e. The van der Waals surface area contributed by atoms with Crippen LogP contribution in [0, 0.1) is 22.2 Å². The Bertz CT molecular complexity index is 619. The van der Waals surface area contributed by atoms with Crippen LogP contribution < -0.4 is 10.1 Å². The van der Waals surface area contributed by atoms with Crippen LogP contribution in [0.4, 0.5) is 5.69 Å². The smallest absolute Gasteiger partial charge is 0.228 e. The molecular formula is C30H59NO3. The molecule has 0 spiro atoms. The van der Waals surface area contributed by atoms with Gasteiger partial charge in [0.2, 0.25) is 5.91 Å². The van der Waals surface area contributed by atoms with Gasteiger partial charge >= 0.3 is 0 Å². The Morgan fingerprint density at radius 1 is 0.853 bits per heavy atom. The molecule has 1 rings (SSSR count). The van der Waals surface area contributed by atoms with E-state index in [0.717, 1.165) is 6.42 Å². The van der Waals surface area contributed by atoms with Gasteiger partial charge in [-0.1, -0.05) is 115 Å². The van der Waals surface area contributed by atoms with Gasteiger partial charge in [-0.15, -0.1) is 0 Å². The highest BCUT2D eigenvalue weighted by atomic mass is 16.7. The second-order valence-electron chi connectivity index (χ2n) is 11.3. The van der Waals surface area contributed by atoms with Gasteiger partial charge in [0, 0.05) is 12.5 Å². The second kappa shape index (κ2) is 18.7. The van der Waals surface area contributed by atoms with Gasteiger partial charge in [-0.3, -0.25) is 4.79 Å². The Labute approximate surface area is 213 Å². The lowest BCUT2D eigenvalue weighted by atomic mass is 9.71. The molecule has 0 heterocycles. The molecular weight excluding hydrogens is 422 g/mol. The minimum Gasteiger partial charge on any atom is -0.465 e. The summed E-state index contributed by atoms with van der Waals surface area (Å²) in [5.41, 5.74) is 1.20. The number of carbonyl (C=O) groups excluding carboxylic acids is 1. The molecule has 0 aliphatic carbocycles. The van der Waals surface area contributed by atoms with E-state index in [9.17, 15) is 4.79 Å². The molecule has 0 aliphatic heterocycles. The molecule has 34 heavy (non-hydrogen) atoms. The molecule has 0 radical (unpaired) electrons. The summed E-state index contributed by atoms with van der Waals surface area (Å²) in [6, 6.07) is 7.47. The maximum atomic E-state index is 12.9. The highest BCUT2D eigenvalue weighted by Gasteiger charge is 2.34. The van der Waals surface area contributed by atoms with Crippen LogP contribution in [0.3, 0.4) is 0 Å². The van der Waals surface area contributed by atoms with Crippen molar-refractivity contribution in [2.24, 2.45) is 22.2 Å². The van der Waals surface area contributed by atoms with E-state index in [1.54, 1.807) is 0 Å². The van der Waals surface area contributed by atoms with Crippen molar-refractivity contribution in [1.82, 2.24) is 0 Å². The van der Waals surface area contributed by atoms with E-state index in [0.29, 0.717) is 23.5 Å². The Balaban J connectivity index is -0.000000819. The molecule has 0 saturated heterocycles. The fourth-order valence-electron chi connectivity index (χ4n) is 2.51. The zero-order valence-corrected chi connectivity index (χ0v) is 25.4. The van der Waals surface area contributed by atoms with E-state index in [1.165, 1.54) is 6.42 Å². The number of amides is 1. The molecule has 1 aromatic rings. The first kappa shape index (κ1) is 37.0. The molecule has 0 fully saturated rings. The van der Waals surface area contributed by atoms with Crippen LogP contribution in [0.5, 0.6) is 5.75 Å². The first-order valence-corrected chi connectivity index (χ1v) is 13.2. The minimum atomic E-state index is -0.113. The van der Waals surface area contributed by atoms with Gasteiger partial charge in [-0.2, -0.15) is 0 Å². The van der Waals surface area contributed by atoms with Gasteiger partial charge in [0.1, 0.15) is 5.75 Å². The van der Waals surface area contributed by atoms with Crippen LogP contribution in [0.2, 0.25) is 0 Å². The lowest BCUT2D eigenvalue weighted by Gasteiger charge is -2.34. The van der Waals surface area contributed by atoms with E-state index in [1.807, 2.05) is 58.9 Å². The molecule has 0 saturated carbocycles. The summed E-state index contributed by atoms with van der Waals surface area (Å²) in [6.07, 6.45) is 2.09. The number of ether oxygens (including phenoxy) is 2. The zero-order valence-electron chi connectivity index (χ0n) is 25.4. The Hall–Kier alpha value is -1.55. The quantitative estimate of drug-likeness (QED) is 0.311. The number of rotatable bonds is 7. The van der Waals surface area contributed by atoms with E-state index in [2.05, 4.69) is 74.6 Å². The van der Waals surface area contributed by atoms with Crippen LogP contribution >= 0.6 is 0 Å². The summed E-state index contributed by atoms with van der Waals surface area (Å²) in [6.45, 7) is 32.4.